The Hall–Kier alpha value is 0.270. The van der Waals surface area contributed by atoms with Gasteiger partial charge in [-0.2, -0.15) is 11.8 Å². The quantitative estimate of drug-likeness (QED) is 0.682. The SMILES string of the molecule is CSC1(CNCC(C)(C)O)CC1. The van der Waals surface area contributed by atoms with Gasteiger partial charge in [0.2, 0.25) is 0 Å². The summed E-state index contributed by atoms with van der Waals surface area (Å²) in [4.78, 5) is 0. The van der Waals surface area contributed by atoms with Gasteiger partial charge < -0.3 is 10.4 Å². The normalized spacial score (nSPS) is 21.0. The van der Waals surface area contributed by atoms with Crippen molar-refractivity contribution in [3.05, 3.63) is 0 Å². The van der Waals surface area contributed by atoms with Gasteiger partial charge in [0.25, 0.3) is 0 Å². The molecule has 72 valence electrons. The van der Waals surface area contributed by atoms with E-state index in [2.05, 4.69) is 11.6 Å². The molecule has 0 saturated heterocycles. The second-order valence-corrected chi connectivity index (χ2v) is 5.58. The largest absolute Gasteiger partial charge is 0.389 e. The molecule has 0 aliphatic heterocycles. The summed E-state index contributed by atoms with van der Waals surface area (Å²) in [6, 6.07) is 0. The highest BCUT2D eigenvalue weighted by Gasteiger charge is 2.41. The molecular formula is C9H19NOS. The lowest BCUT2D eigenvalue weighted by atomic mass is 10.1. The number of hydrogen-bond acceptors (Lipinski definition) is 3. The fourth-order valence-electron chi connectivity index (χ4n) is 1.19. The van der Waals surface area contributed by atoms with Crippen molar-refractivity contribution in [1.82, 2.24) is 5.32 Å². The Bertz CT molecular complexity index is 149. The van der Waals surface area contributed by atoms with Crippen molar-refractivity contribution in [2.75, 3.05) is 19.3 Å². The van der Waals surface area contributed by atoms with E-state index in [9.17, 15) is 5.11 Å². The molecule has 1 rings (SSSR count). The minimum atomic E-state index is -0.575. The Labute approximate surface area is 79.1 Å². The van der Waals surface area contributed by atoms with Gasteiger partial charge in [-0.15, -0.1) is 0 Å². The van der Waals surface area contributed by atoms with E-state index in [4.69, 9.17) is 0 Å². The van der Waals surface area contributed by atoms with E-state index in [1.165, 1.54) is 12.8 Å². The van der Waals surface area contributed by atoms with Crippen LogP contribution in [-0.2, 0) is 0 Å². The molecule has 0 heterocycles. The molecule has 2 N–H and O–H groups in total. The molecule has 0 aromatic carbocycles. The molecule has 0 atom stereocenters. The maximum atomic E-state index is 9.44. The number of thioether (sulfide) groups is 1. The van der Waals surface area contributed by atoms with E-state index in [1.807, 2.05) is 25.6 Å². The van der Waals surface area contributed by atoms with E-state index >= 15 is 0 Å². The minimum Gasteiger partial charge on any atom is -0.389 e. The Morgan fingerprint density at radius 1 is 1.50 bits per heavy atom. The van der Waals surface area contributed by atoms with Gasteiger partial charge in [-0.1, -0.05) is 0 Å². The topological polar surface area (TPSA) is 32.3 Å². The maximum Gasteiger partial charge on any atom is 0.0715 e. The van der Waals surface area contributed by atoms with Gasteiger partial charge in [-0.3, -0.25) is 0 Å². The van der Waals surface area contributed by atoms with Gasteiger partial charge in [-0.25, -0.2) is 0 Å². The van der Waals surface area contributed by atoms with Crippen LogP contribution in [-0.4, -0.2) is 34.8 Å². The van der Waals surface area contributed by atoms with E-state index in [1.54, 1.807) is 0 Å². The zero-order valence-corrected chi connectivity index (χ0v) is 9.00. The predicted octanol–water partition coefficient (Wildman–Crippen LogP) is 1.24. The summed E-state index contributed by atoms with van der Waals surface area (Å²) in [5.41, 5.74) is -0.575. The summed E-state index contributed by atoms with van der Waals surface area (Å²) < 4.78 is 0.505. The van der Waals surface area contributed by atoms with Crippen molar-refractivity contribution in [3.63, 3.8) is 0 Å². The fourth-order valence-corrected chi connectivity index (χ4v) is 1.95. The second-order valence-electron chi connectivity index (χ2n) is 4.30. The average molecular weight is 189 g/mol. The van der Waals surface area contributed by atoms with Crippen LogP contribution in [0.1, 0.15) is 26.7 Å². The highest BCUT2D eigenvalue weighted by atomic mass is 32.2. The van der Waals surface area contributed by atoms with Gasteiger partial charge in [0, 0.05) is 17.8 Å². The monoisotopic (exact) mass is 189 g/mol. The lowest BCUT2D eigenvalue weighted by Gasteiger charge is -2.20. The first-order valence-electron chi connectivity index (χ1n) is 4.46. The molecule has 1 aliphatic carbocycles. The summed E-state index contributed by atoms with van der Waals surface area (Å²) in [6.07, 6.45) is 4.82. The van der Waals surface area contributed by atoms with Crippen LogP contribution in [0.5, 0.6) is 0 Å². The predicted molar refractivity (Wildman–Crippen MR) is 54.6 cm³/mol. The summed E-state index contributed by atoms with van der Waals surface area (Å²) in [5, 5.41) is 12.7. The lowest BCUT2D eigenvalue weighted by molar-refractivity contribution is 0.0800. The van der Waals surface area contributed by atoms with Crippen LogP contribution in [0.25, 0.3) is 0 Å². The molecule has 12 heavy (non-hydrogen) atoms. The van der Waals surface area contributed by atoms with Gasteiger partial charge in [-0.05, 0) is 32.9 Å². The molecule has 0 radical (unpaired) electrons. The smallest absolute Gasteiger partial charge is 0.0715 e. The summed E-state index contributed by atoms with van der Waals surface area (Å²) >= 11 is 1.94. The first kappa shape index (κ1) is 10.4. The van der Waals surface area contributed by atoms with Crippen LogP contribution in [0.15, 0.2) is 0 Å². The van der Waals surface area contributed by atoms with Crippen molar-refractivity contribution in [2.45, 2.75) is 37.0 Å². The maximum absolute atomic E-state index is 9.44. The molecule has 0 spiro atoms. The molecule has 3 heteroatoms. The fraction of sp³-hybridized carbons (Fsp3) is 1.00. The first-order chi connectivity index (χ1) is 5.47. The Kier molecular flexibility index (Phi) is 3.07. The van der Waals surface area contributed by atoms with Crippen LogP contribution in [0.2, 0.25) is 0 Å². The number of hydrogen-bond donors (Lipinski definition) is 2. The first-order valence-corrected chi connectivity index (χ1v) is 5.68. The summed E-state index contributed by atoms with van der Waals surface area (Å²) in [5.74, 6) is 0. The van der Waals surface area contributed by atoms with Crippen LogP contribution >= 0.6 is 11.8 Å². The van der Waals surface area contributed by atoms with E-state index < -0.39 is 5.60 Å². The van der Waals surface area contributed by atoms with Crippen molar-refractivity contribution in [3.8, 4) is 0 Å². The van der Waals surface area contributed by atoms with Crippen molar-refractivity contribution < 1.29 is 5.11 Å². The van der Waals surface area contributed by atoms with Crippen LogP contribution in [0.4, 0.5) is 0 Å². The Balaban J connectivity index is 2.10. The number of rotatable bonds is 5. The number of aliphatic hydroxyl groups is 1. The zero-order chi connectivity index (χ0) is 9.24. The van der Waals surface area contributed by atoms with Crippen molar-refractivity contribution in [1.29, 1.82) is 0 Å². The standard InChI is InChI=1S/C9H19NOS/c1-8(2,11)6-10-7-9(12-3)4-5-9/h10-11H,4-7H2,1-3H3. The van der Waals surface area contributed by atoms with Crippen LogP contribution in [0, 0.1) is 0 Å². The average Bonchev–Trinajstić information content (AvgIpc) is 2.67. The molecule has 2 nitrogen and oxygen atoms in total. The van der Waals surface area contributed by atoms with E-state index in [0.717, 1.165) is 6.54 Å². The molecule has 0 amide bonds. The molecule has 1 fully saturated rings. The molecule has 0 unspecified atom stereocenters. The molecule has 1 saturated carbocycles. The number of nitrogens with one attached hydrogen (secondary N) is 1. The highest BCUT2D eigenvalue weighted by Crippen LogP contribution is 2.46. The molecular weight excluding hydrogens is 170 g/mol. The molecule has 1 aliphatic rings. The molecule has 0 aromatic heterocycles. The van der Waals surface area contributed by atoms with Gasteiger partial charge in [0.05, 0.1) is 5.60 Å². The zero-order valence-electron chi connectivity index (χ0n) is 8.18. The molecule has 0 bridgehead atoms. The van der Waals surface area contributed by atoms with Crippen LogP contribution in [0.3, 0.4) is 0 Å². The Morgan fingerprint density at radius 2 is 2.08 bits per heavy atom. The summed E-state index contributed by atoms with van der Waals surface area (Å²) in [6.45, 7) is 5.39. The van der Waals surface area contributed by atoms with Gasteiger partial charge in [0.1, 0.15) is 0 Å². The highest BCUT2D eigenvalue weighted by molar-refractivity contribution is 8.00. The third-order valence-electron chi connectivity index (χ3n) is 2.25. The van der Waals surface area contributed by atoms with Gasteiger partial charge in [0.15, 0.2) is 0 Å². The lowest BCUT2D eigenvalue weighted by Crippen LogP contribution is -2.38. The van der Waals surface area contributed by atoms with Crippen LogP contribution < -0.4 is 5.32 Å². The van der Waals surface area contributed by atoms with Crippen molar-refractivity contribution in [2.24, 2.45) is 0 Å². The minimum absolute atomic E-state index is 0.505. The Morgan fingerprint density at radius 3 is 2.42 bits per heavy atom. The second kappa shape index (κ2) is 3.56. The van der Waals surface area contributed by atoms with E-state index in [0.29, 0.717) is 11.3 Å². The summed E-state index contributed by atoms with van der Waals surface area (Å²) in [7, 11) is 0. The van der Waals surface area contributed by atoms with Crippen molar-refractivity contribution >= 4 is 11.8 Å². The third-order valence-corrected chi connectivity index (χ3v) is 3.66. The third kappa shape index (κ3) is 3.33. The van der Waals surface area contributed by atoms with E-state index in [-0.39, 0.29) is 0 Å². The van der Waals surface area contributed by atoms with Gasteiger partial charge >= 0.3 is 0 Å². The molecule has 0 aromatic rings.